The summed E-state index contributed by atoms with van der Waals surface area (Å²) in [5.41, 5.74) is 1.86. The molecule has 0 saturated carbocycles. The van der Waals surface area contributed by atoms with Crippen molar-refractivity contribution in [2.75, 3.05) is 0 Å². The highest BCUT2D eigenvalue weighted by Crippen LogP contribution is 2.17. The Balaban J connectivity index is 2.80. The summed E-state index contributed by atoms with van der Waals surface area (Å²) < 4.78 is 0. The van der Waals surface area contributed by atoms with Gasteiger partial charge in [-0.05, 0) is 36.8 Å². The molecule has 1 nitrogen and oxygen atoms in total. The zero-order valence-electron chi connectivity index (χ0n) is 6.42. The molecule has 0 unspecified atom stereocenters. The van der Waals surface area contributed by atoms with E-state index >= 15 is 0 Å². The van der Waals surface area contributed by atoms with Crippen LogP contribution in [-0.4, -0.2) is 4.98 Å². The van der Waals surface area contributed by atoms with Gasteiger partial charge in [-0.15, -0.1) is 0 Å². The molecule has 0 spiro atoms. The number of halogens is 1. The van der Waals surface area contributed by atoms with E-state index in [1.54, 1.807) is 6.20 Å². The summed E-state index contributed by atoms with van der Waals surface area (Å²) in [6, 6.07) is 7.59. The minimum Gasteiger partial charge on any atom is -0.256 e. The highest BCUT2D eigenvalue weighted by Gasteiger charge is 1.95. The summed E-state index contributed by atoms with van der Waals surface area (Å²) >= 11 is 5.82. The van der Waals surface area contributed by atoms with Gasteiger partial charge < -0.3 is 0 Å². The summed E-state index contributed by atoms with van der Waals surface area (Å²) in [6.07, 6.45) is 1.75. The van der Waals surface area contributed by atoms with Gasteiger partial charge in [0.05, 0.1) is 5.52 Å². The number of pyridine rings is 1. The SMILES string of the molecule is [CH2]c1cnc2ccc(Cl)cc2c1. The van der Waals surface area contributed by atoms with E-state index in [1.807, 2.05) is 24.3 Å². The first-order valence-corrected chi connectivity index (χ1v) is 4.01. The third-order valence-corrected chi connectivity index (χ3v) is 1.94. The Kier molecular flexibility index (Phi) is 1.74. The van der Waals surface area contributed by atoms with E-state index in [-0.39, 0.29) is 0 Å². The normalized spacial score (nSPS) is 10.5. The van der Waals surface area contributed by atoms with Gasteiger partial charge in [-0.25, -0.2) is 0 Å². The number of hydrogen-bond donors (Lipinski definition) is 0. The van der Waals surface area contributed by atoms with Gasteiger partial charge in [0.1, 0.15) is 0 Å². The van der Waals surface area contributed by atoms with Crippen LogP contribution in [0.3, 0.4) is 0 Å². The van der Waals surface area contributed by atoms with Gasteiger partial charge in [0.2, 0.25) is 0 Å². The van der Waals surface area contributed by atoms with Crippen LogP contribution in [-0.2, 0) is 0 Å². The van der Waals surface area contributed by atoms with Crippen LogP contribution in [0.15, 0.2) is 30.5 Å². The summed E-state index contributed by atoms with van der Waals surface area (Å²) in [6.45, 7) is 3.79. The van der Waals surface area contributed by atoms with Crippen LogP contribution in [0.25, 0.3) is 10.9 Å². The number of rotatable bonds is 0. The van der Waals surface area contributed by atoms with Crippen molar-refractivity contribution in [3.63, 3.8) is 0 Å². The molecule has 0 fully saturated rings. The number of hydrogen-bond acceptors (Lipinski definition) is 1. The zero-order valence-corrected chi connectivity index (χ0v) is 7.17. The second kappa shape index (κ2) is 2.76. The van der Waals surface area contributed by atoms with Gasteiger partial charge in [0.25, 0.3) is 0 Å². The molecular weight excluding hydrogens is 170 g/mol. The van der Waals surface area contributed by atoms with E-state index in [4.69, 9.17) is 11.6 Å². The van der Waals surface area contributed by atoms with E-state index in [0.29, 0.717) is 0 Å². The van der Waals surface area contributed by atoms with Gasteiger partial charge in [-0.1, -0.05) is 11.6 Å². The first-order chi connectivity index (χ1) is 5.75. The molecule has 1 heterocycles. The van der Waals surface area contributed by atoms with E-state index in [2.05, 4.69) is 11.9 Å². The van der Waals surface area contributed by atoms with Crippen molar-refractivity contribution in [1.82, 2.24) is 4.98 Å². The third-order valence-electron chi connectivity index (χ3n) is 1.70. The molecule has 0 N–H and O–H groups in total. The molecule has 0 aliphatic rings. The molecule has 12 heavy (non-hydrogen) atoms. The highest BCUT2D eigenvalue weighted by atomic mass is 35.5. The van der Waals surface area contributed by atoms with E-state index in [1.165, 1.54) is 0 Å². The average molecular weight is 177 g/mol. The van der Waals surface area contributed by atoms with Crippen molar-refractivity contribution in [1.29, 1.82) is 0 Å². The molecule has 59 valence electrons. The monoisotopic (exact) mass is 176 g/mol. The largest absolute Gasteiger partial charge is 0.256 e. The lowest BCUT2D eigenvalue weighted by molar-refractivity contribution is 1.38. The molecule has 0 atom stereocenters. The Labute approximate surface area is 76.0 Å². The third kappa shape index (κ3) is 1.28. The fraction of sp³-hybridized carbons (Fsp3) is 0. The van der Waals surface area contributed by atoms with Crippen molar-refractivity contribution in [3.05, 3.63) is 48.0 Å². The summed E-state index contributed by atoms with van der Waals surface area (Å²) in [5, 5.41) is 1.77. The smallest absolute Gasteiger partial charge is 0.0703 e. The maximum Gasteiger partial charge on any atom is 0.0703 e. The Morgan fingerprint density at radius 1 is 1.25 bits per heavy atom. The Morgan fingerprint density at radius 2 is 2.08 bits per heavy atom. The van der Waals surface area contributed by atoms with Crippen molar-refractivity contribution in [3.8, 4) is 0 Å². The number of benzene rings is 1. The van der Waals surface area contributed by atoms with Gasteiger partial charge in [-0.3, -0.25) is 4.98 Å². The number of fused-ring (bicyclic) bond motifs is 1. The zero-order chi connectivity index (χ0) is 8.55. The number of nitrogens with zero attached hydrogens (tertiary/aromatic N) is 1. The molecular formula is C10H7ClN. The van der Waals surface area contributed by atoms with Gasteiger partial charge in [-0.2, -0.15) is 0 Å². The van der Waals surface area contributed by atoms with Crippen LogP contribution >= 0.6 is 11.6 Å². The van der Waals surface area contributed by atoms with Gasteiger partial charge >= 0.3 is 0 Å². The van der Waals surface area contributed by atoms with Crippen LogP contribution in [0.5, 0.6) is 0 Å². The van der Waals surface area contributed by atoms with Crippen molar-refractivity contribution in [2.24, 2.45) is 0 Å². The van der Waals surface area contributed by atoms with Crippen LogP contribution in [0.1, 0.15) is 5.56 Å². The predicted octanol–water partition coefficient (Wildman–Crippen LogP) is 3.07. The molecule has 0 saturated heterocycles. The van der Waals surface area contributed by atoms with Crippen molar-refractivity contribution >= 4 is 22.5 Å². The van der Waals surface area contributed by atoms with Crippen molar-refractivity contribution < 1.29 is 0 Å². The maximum atomic E-state index is 5.82. The van der Waals surface area contributed by atoms with E-state index in [9.17, 15) is 0 Å². The Hall–Kier alpha value is -1.08. The second-order valence-electron chi connectivity index (χ2n) is 2.68. The molecule has 2 rings (SSSR count). The Bertz CT molecular complexity index is 386. The molecule has 0 amide bonds. The molecule has 0 bridgehead atoms. The van der Waals surface area contributed by atoms with Crippen LogP contribution < -0.4 is 0 Å². The van der Waals surface area contributed by atoms with E-state index in [0.717, 1.165) is 21.5 Å². The summed E-state index contributed by atoms with van der Waals surface area (Å²) in [7, 11) is 0. The van der Waals surface area contributed by atoms with Crippen LogP contribution in [0.2, 0.25) is 5.02 Å². The Morgan fingerprint density at radius 3 is 2.92 bits per heavy atom. The predicted molar refractivity (Wildman–Crippen MR) is 51.2 cm³/mol. The fourth-order valence-electron chi connectivity index (χ4n) is 1.15. The molecule has 1 aromatic heterocycles. The second-order valence-corrected chi connectivity index (χ2v) is 3.12. The fourth-order valence-corrected chi connectivity index (χ4v) is 1.33. The lowest BCUT2D eigenvalue weighted by atomic mass is 10.2. The van der Waals surface area contributed by atoms with Gasteiger partial charge in [0, 0.05) is 16.6 Å². The van der Waals surface area contributed by atoms with Crippen LogP contribution in [0, 0.1) is 6.92 Å². The molecule has 1 aromatic carbocycles. The lowest BCUT2D eigenvalue weighted by Gasteiger charge is -1.97. The minimum absolute atomic E-state index is 0.731. The molecule has 2 heteroatoms. The standard InChI is InChI=1S/C10H7ClN/c1-7-4-8-5-9(11)2-3-10(8)12-6-7/h2-6H,1H2. The topological polar surface area (TPSA) is 12.9 Å². The van der Waals surface area contributed by atoms with Gasteiger partial charge in [0.15, 0.2) is 0 Å². The molecule has 0 aliphatic heterocycles. The molecule has 2 aromatic rings. The highest BCUT2D eigenvalue weighted by molar-refractivity contribution is 6.31. The number of aromatic nitrogens is 1. The molecule has 0 aliphatic carbocycles. The average Bonchev–Trinajstić information content (AvgIpc) is 2.03. The maximum absolute atomic E-state index is 5.82. The summed E-state index contributed by atoms with van der Waals surface area (Å²) in [5.74, 6) is 0. The first-order valence-electron chi connectivity index (χ1n) is 3.63. The van der Waals surface area contributed by atoms with Crippen LogP contribution in [0.4, 0.5) is 0 Å². The minimum atomic E-state index is 0.731. The molecule has 1 radical (unpaired) electrons. The van der Waals surface area contributed by atoms with Crippen molar-refractivity contribution in [2.45, 2.75) is 0 Å². The lowest BCUT2D eigenvalue weighted by Crippen LogP contribution is -1.79. The first kappa shape index (κ1) is 7.56. The quantitative estimate of drug-likeness (QED) is 0.601. The summed E-state index contributed by atoms with van der Waals surface area (Å²) in [4.78, 5) is 4.20. The van der Waals surface area contributed by atoms with E-state index < -0.39 is 0 Å².